The number of ether oxygens (including phenoxy) is 4. The van der Waals surface area contributed by atoms with Gasteiger partial charge in [0.1, 0.15) is 23.0 Å². The minimum absolute atomic E-state index is 0.131. The number of methoxy groups -OCH3 is 2. The predicted molar refractivity (Wildman–Crippen MR) is 104 cm³/mol. The summed E-state index contributed by atoms with van der Waals surface area (Å²) in [7, 11) is 3.03. The molecule has 6 nitrogen and oxygen atoms in total. The minimum Gasteiger partial charge on any atom is -0.497 e. The van der Waals surface area contributed by atoms with Crippen LogP contribution >= 0.6 is 0 Å². The van der Waals surface area contributed by atoms with Gasteiger partial charge in [0.15, 0.2) is 0 Å². The Morgan fingerprint density at radius 2 is 1.25 bits per heavy atom. The third kappa shape index (κ3) is 5.88. The average molecular weight is 380 g/mol. The first kappa shape index (κ1) is 20.5. The molecule has 0 unspecified atom stereocenters. The van der Waals surface area contributed by atoms with E-state index in [0.29, 0.717) is 22.8 Å². The highest BCUT2D eigenvalue weighted by atomic mass is 16.5. The number of allylic oxidation sites excluding steroid dienone is 2. The summed E-state index contributed by atoms with van der Waals surface area (Å²) in [5, 5.41) is 0. The molecule has 2 rings (SSSR count). The lowest BCUT2D eigenvalue weighted by atomic mass is 10.1. The normalized spacial score (nSPS) is 10.2. The van der Waals surface area contributed by atoms with Crippen molar-refractivity contribution in [2.75, 3.05) is 14.2 Å². The number of carbonyl (C=O) groups excluding carboxylic acids is 2. The number of benzene rings is 2. The third-order valence-electron chi connectivity index (χ3n) is 3.57. The monoisotopic (exact) mass is 380 g/mol. The summed E-state index contributed by atoms with van der Waals surface area (Å²) in [6.07, 6.45) is 2.98. The predicted octanol–water partition coefficient (Wildman–Crippen LogP) is 4.30. The van der Waals surface area contributed by atoms with Crippen molar-refractivity contribution in [1.82, 2.24) is 0 Å². The van der Waals surface area contributed by atoms with Crippen LogP contribution in [-0.2, 0) is 9.47 Å². The Kier molecular flexibility index (Phi) is 7.16. The van der Waals surface area contributed by atoms with Crippen LogP contribution in [0.2, 0.25) is 0 Å². The van der Waals surface area contributed by atoms with E-state index in [1.165, 1.54) is 43.5 Å². The standard InChI is InChI=1S/C22H20O6/c1-15(25-3)5-6-16(2)27-21(23)17-7-9-18(10-8-17)22(24)28-20-13-11-19(26-4)12-14-20/h5-14H,1-2H2,3-4H3/b6-5-. The van der Waals surface area contributed by atoms with Gasteiger partial charge in [-0.25, -0.2) is 9.59 Å². The summed E-state index contributed by atoms with van der Waals surface area (Å²) in [6.45, 7) is 7.23. The first-order valence-electron chi connectivity index (χ1n) is 8.21. The highest BCUT2D eigenvalue weighted by Gasteiger charge is 2.12. The fourth-order valence-corrected chi connectivity index (χ4v) is 2.02. The van der Waals surface area contributed by atoms with E-state index in [1.54, 1.807) is 31.4 Å². The van der Waals surface area contributed by atoms with Gasteiger partial charge in [-0.15, -0.1) is 0 Å². The van der Waals surface area contributed by atoms with Crippen molar-refractivity contribution in [2.24, 2.45) is 0 Å². The fourth-order valence-electron chi connectivity index (χ4n) is 2.02. The van der Waals surface area contributed by atoms with Crippen LogP contribution in [0.4, 0.5) is 0 Å². The summed E-state index contributed by atoms with van der Waals surface area (Å²) in [6, 6.07) is 12.5. The van der Waals surface area contributed by atoms with E-state index >= 15 is 0 Å². The van der Waals surface area contributed by atoms with Crippen molar-refractivity contribution in [3.63, 3.8) is 0 Å². The minimum atomic E-state index is -0.604. The summed E-state index contributed by atoms with van der Waals surface area (Å²) >= 11 is 0. The van der Waals surface area contributed by atoms with Gasteiger partial charge in [0.25, 0.3) is 0 Å². The molecule has 6 heteroatoms. The topological polar surface area (TPSA) is 71.1 Å². The van der Waals surface area contributed by atoms with Gasteiger partial charge in [-0.2, -0.15) is 0 Å². The molecule has 0 radical (unpaired) electrons. The van der Waals surface area contributed by atoms with E-state index in [2.05, 4.69) is 13.2 Å². The van der Waals surface area contributed by atoms with Gasteiger partial charge in [0.05, 0.1) is 25.3 Å². The molecule has 0 saturated heterocycles. The first-order valence-corrected chi connectivity index (χ1v) is 8.21. The molecule has 0 bridgehead atoms. The van der Waals surface area contributed by atoms with E-state index in [1.807, 2.05) is 0 Å². The molecule has 0 spiro atoms. The Morgan fingerprint density at radius 1 is 0.750 bits per heavy atom. The van der Waals surface area contributed by atoms with E-state index in [-0.39, 0.29) is 11.3 Å². The highest BCUT2D eigenvalue weighted by Crippen LogP contribution is 2.18. The zero-order valence-corrected chi connectivity index (χ0v) is 15.6. The fraction of sp³-hybridized carbons (Fsp3) is 0.0909. The van der Waals surface area contributed by atoms with Crippen molar-refractivity contribution < 1.29 is 28.5 Å². The summed E-state index contributed by atoms with van der Waals surface area (Å²) in [5.41, 5.74) is 0.559. The zero-order valence-electron chi connectivity index (χ0n) is 15.6. The van der Waals surface area contributed by atoms with Crippen molar-refractivity contribution in [3.8, 4) is 11.5 Å². The molecule has 0 amide bonds. The number of hydrogen-bond donors (Lipinski definition) is 0. The lowest BCUT2D eigenvalue weighted by molar-refractivity contribution is 0.0636. The van der Waals surface area contributed by atoms with Crippen LogP contribution < -0.4 is 9.47 Å². The van der Waals surface area contributed by atoms with Crippen molar-refractivity contribution >= 4 is 11.9 Å². The van der Waals surface area contributed by atoms with Crippen LogP contribution in [0.25, 0.3) is 0 Å². The second-order valence-corrected chi connectivity index (χ2v) is 5.50. The van der Waals surface area contributed by atoms with E-state index in [4.69, 9.17) is 18.9 Å². The molecule has 0 fully saturated rings. The van der Waals surface area contributed by atoms with Crippen LogP contribution in [0.1, 0.15) is 20.7 Å². The molecular weight excluding hydrogens is 360 g/mol. The Balaban J connectivity index is 1.96. The van der Waals surface area contributed by atoms with E-state index < -0.39 is 11.9 Å². The van der Waals surface area contributed by atoms with Crippen LogP contribution in [0.5, 0.6) is 11.5 Å². The molecule has 0 heterocycles. The number of rotatable bonds is 8. The van der Waals surface area contributed by atoms with Gasteiger partial charge in [-0.05, 0) is 60.7 Å². The maximum atomic E-state index is 12.2. The maximum Gasteiger partial charge on any atom is 0.343 e. The molecule has 0 aromatic heterocycles. The smallest absolute Gasteiger partial charge is 0.343 e. The highest BCUT2D eigenvalue weighted by molar-refractivity contribution is 5.94. The molecule has 0 saturated carbocycles. The zero-order chi connectivity index (χ0) is 20.5. The number of hydrogen-bond acceptors (Lipinski definition) is 6. The molecule has 0 atom stereocenters. The molecule has 2 aromatic rings. The van der Waals surface area contributed by atoms with Crippen LogP contribution in [-0.4, -0.2) is 26.2 Å². The molecule has 0 aliphatic heterocycles. The maximum absolute atomic E-state index is 12.2. The summed E-state index contributed by atoms with van der Waals surface area (Å²) in [4.78, 5) is 24.3. The van der Waals surface area contributed by atoms with Gasteiger partial charge in [0, 0.05) is 0 Å². The van der Waals surface area contributed by atoms with Gasteiger partial charge < -0.3 is 18.9 Å². The van der Waals surface area contributed by atoms with Crippen molar-refractivity contribution in [2.45, 2.75) is 0 Å². The van der Waals surface area contributed by atoms with Crippen molar-refractivity contribution in [1.29, 1.82) is 0 Å². The molecule has 144 valence electrons. The van der Waals surface area contributed by atoms with E-state index in [0.717, 1.165) is 0 Å². The lowest BCUT2D eigenvalue weighted by Crippen LogP contribution is -2.09. The average Bonchev–Trinajstić information content (AvgIpc) is 2.72. The third-order valence-corrected chi connectivity index (χ3v) is 3.57. The van der Waals surface area contributed by atoms with Crippen LogP contribution in [0.15, 0.2) is 85.4 Å². The molecule has 28 heavy (non-hydrogen) atoms. The summed E-state index contributed by atoms with van der Waals surface area (Å²) < 4.78 is 20.3. The van der Waals surface area contributed by atoms with E-state index in [9.17, 15) is 9.59 Å². The molecule has 2 aromatic carbocycles. The lowest BCUT2D eigenvalue weighted by Gasteiger charge is -2.07. The Labute approximate surface area is 163 Å². The largest absolute Gasteiger partial charge is 0.497 e. The van der Waals surface area contributed by atoms with Crippen LogP contribution in [0.3, 0.4) is 0 Å². The first-order chi connectivity index (χ1) is 13.4. The second-order valence-electron chi connectivity index (χ2n) is 5.50. The second kappa shape index (κ2) is 9.78. The SMILES string of the molecule is C=C(/C=C\C(=C)OC(=O)c1ccc(C(=O)Oc2ccc(OC)cc2)cc1)OC. The molecular formula is C22H20O6. The van der Waals surface area contributed by atoms with Gasteiger partial charge in [0.2, 0.25) is 0 Å². The molecule has 0 aliphatic rings. The Morgan fingerprint density at radius 3 is 1.79 bits per heavy atom. The Hall–Kier alpha value is -3.80. The number of esters is 2. The van der Waals surface area contributed by atoms with Gasteiger partial charge in [-0.3, -0.25) is 0 Å². The van der Waals surface area contributed by atoms with Crippen LogP contribution in [0, 0.1) is 0 Å². The Bertz CT molecular complexity index is 892. The van der Waals surface area contributed by atoms with Crippen molar-refractivity contribution in [3.05, 3.63) is 96.5 Å². The summed E-state index contributed by atoms with van der Waals surface area (Å²) in [5.74, 6) is 0.423. The van der Waals surface area contributed by atoms with Gasteiger partial charge in [-0.1, -0.05) is 13.2 Å². The molecule has 0 aliphatic carbocycles. The quantitative estimate of drug-likeness (QED) is 0.294. The van der Waals surface area contributed by atoms with Gasteiger partial charge >= 0.3 is 11.9 Å². The number of carbonyl (C=O) groups is 2. The molecule has 0 N–H and O–H groups in total.